The van der Waals surface area contributed by atoms with E-state index in [0.29, 0.717) is 11.6 Å². The molecule has 0 bridgehead atoms. The van der Waals surface area contributed by atoms with Crippen molar-refractivity contribution in [1.82, 2.24) is 25.3 Å². The topological polar surface area (TPSA) is 99.1 Å². The molecule has 3 aromatic rings. The molecule has 0 amide bonds. The van der Waals surface area contributed by atoms with Crippen molar-refractivity contribution in [2.45, 2.75) is 13.0 Å². The summed E-state index contributed by atoms with van der Waals surface area (Å²) in [5.41, 5.74) is 3.06. The highest BCUT2D eigenvalue weighted by Crippen LogP contribution is 2.21. The van der Waals surface area contributed by atoms with E-state index in [1.54, 1.807) is 24.5 Å². The summed E-state index contributed by atoms with van der Waals surface area (Å²) in [6.45, 7) is 1.81. The summed E-state index contributed by atoms with van der Waals surface area (Å²) in [5, 5.41) is 15.5. The zero-order valence-electron chi connectivity index (χ0n) is 16.1. The van der Waals surface area contributed by atoms with Crippen LogP contribution in [-0.2, 0) is 6.61 Å². The minimum absolute atomic E-state index is 0.113. The Bertz CT molecular complexity index is 886. The fraction of sp³-hybridized carbons (Fsp3) is 0.300. The maximum Gasteiger partial charge on any atom is 0.227 e. The monoisotopic (exact) mass is 379 g/mol. The summed E-state index contributed by atoms with van der Waals surface area (Å²) in [5.74, 6) is 1.40. The molecule has 0 aliphatic rings. The first kappa shape index (κ1) is 19.7. The lowest BCUT2D eigenvalue weighted by molar-refractivity contribution is 0.277. The minimum Gasteiger partial charge on any atom is -0.390 e. The molecule has 28 heavy (non-hydrogen) atoms. The SMILES string of the molecule is CNCCCN(C)c1ccc(-c2ccnc(Nc3ccnc(CO)c3)n2)cn1. The Morgan fingerprint density at radius 3 is 2.68 bits per heavy atom. The number of hydrogen-bond acceptors (Lipinski definition) is 8. The first-order valence-corrected chi connectivity index (χ1v) is 9.17. The van der Waals surface area contributed by atoms with Gasteiger partial charge in [-0.3, -0.25) is 4.98 Å². The van der Waals surface area contributed by atoms with Crippen LogP contribution in [0.3, 0.4) is 0 Å². The van der Waals surface area contributed by atoms with Gasteiger partial charge in [0, 0.05) is 43.4 Å². The molecule has 0 saturated heterocycles. The second-order valence-corrected chi connectivity index (χ2v) is 6.37. The molecular weight excluding hydrogens is 354 g/mol. The van der Waals surface area contributed by atoms with Crippen LogP contribution >= 0.6 is 0 Å². The van der Waals surface area contributed by atoms with Gasteiger partial charge in [0.05, 0.1) is 18.0 Å². The molecule has 146 valence electrons. The van der Waals surface area contributed by atoms with Crippen LogP contribution in [0.25, 0.3) is 11.3 Å². The highest BCUT2D eigenvalue weighted by molar-refractivity contribution is 5.62. The quantitative estimate of drug-likeness (QED) is 0.487. The van der Waals surface area contributed by atoms with E-state index in [1.165, 1.54) is 0 Å². The molecule has 0 atom stereocenters. The average molecular weight is 379 g/mol. The first-order valence-electron chi connectivity index (χ1n) is 9.17. The second kappa shape index (κ2) is 9.72. The molecule has 3 heterocycles. The summed E-state index contributed by atoms with van der Waals surface area (Å²) < 4.78 is 0. The van der Waals surface area contributed by atoms with Gasteiger partial charge in [-0.15, -0.1) is 0 Å². The molecule has 0 aliphatic heterocycles. The zero-order valence-corrected chi connectivity index (χ0v) is 16.1. The third kappa shape index (κ3) is 5.21. The Labute approximate surface area is 164 Å². The Hall–Kier alpha value is -3.10. The number of aliphatic hydroxyl groups is 1. The first-order chi connectivity index (χ1) is 13.7. The van der Waals surface area contributed by atoms with E-state index in [-0.39, 0.29) is 6.61 Å². The summed E-state index contributed by atoms with van der Waals surface area (Å²) in [4.78, 5) is 19.6. The van der Waals surface area contributed by atoms with Gasteiger partial charge in [-0.2, -0.15) is 0 Å². The Morgan fingerprint density at radius 1 is 1.07 bits per heavy atom. The van der Waals surface area contributed by atoms with Crippen molar-refractivity contribution < 1.29 is 5.11 Å². The molecular formula is C20H25N7O. The van der Waals surface area contributed by atoms with Gasteiger partial charge in [0.2, 0.25) is 5.95 Å². The summed E-state index contributed by atoms with van der Waals surface area (Å²) in [6, 6.07) is 9.43. The number of rotatable bonds is 9. The minimum atomic E-state index is -0.113. The van der Waals surface area contributed by atoms with E-state index in [1.807, 2.05) is 38.5 Å². The summed E-state index contributed by atoms with van der Waals surface area (Å²) >= 11 is 0. The molecule has 0 radical (unpaired) electrons. The number of nitrogens with one attached hydrogen (secondary N) is 2. The van der Waals surface area contributed by atoms with Crippen molar-refractivity contribution >= 4 is 17.5 Å². The molecule has 8 nitrogen and oxygen atoms in total. The molecule has 0 saturated carbocycles. The fourth-order valence-corrected chi connectivity index (χ4v) is 2.72. The predicted octanol–water partition coefficient (Wildman–Crippen LogP) is 2.22. The van der Waals surface area contributed by atoms with Crippen molar-refractivity contribution in [3.63, 3.8) is 0 Å². The van der Waals surface area contributed by atoms with Crippen LogP contribution in [0, 0.1) is 0 Å². The lowest BCUT2D eigenvalue weighted by atomic mass is 10.2. The molecule has 3 N–H and O–H groups in total. The highest BCUT2D eigenvalue weighted by Gasteiger charge is 2.06. The van der Waals surface area contributed by atoms with Crippen LogP contribution in [0.15, 0.2) is 48.9 Å². The van der Waals surface area contributed by atoms with Crippen molar-refractivity contribution in [1.29, 1.82) is 0 Å². The van der Waals surface area contributed by atoms with Gasteiger partial charge in [-0.25, -0.2) is 15.0 Å². The number of aromatic nitrogens is 4. The van der Waals surface area contributed by atoms with Crippen molar-refractivity contribution in [3.05, 3.63) is 54.6 Å². The molecule has 3 aromatic heterocycles. The Morgan fingerprint density at radius 2 is 1.93 bits per heavy atom. The van der Waals surface area contributed by atoms with Crippen LogP contribution in [-0.4, -0.2) is 52.2 Å². The van der Waals surface area contributed by atoms with Gasteiger partial charge in [0.1, 0.15) is 5.82 Å². The van der Waals surface area contributed by atoms with Gasteiger partial charge in [-0.1, -0.05) is 0 Å². The number of nitrogens with zero attached hydrogens (tertiary/aromatic N) is 5. The highest BCUT2D eigenvalue weighted by atomic mass is 16.3. The van der Waals surface area contributed by atoms with Crippen LogP contribution in [0.1, 0.15) is 12.1 Å². The van der Waals surface area contributed by atoms with Crippen molar-refractivity contribution in [2.75, 3.05) is 37.4 Å². The lowest BCUT2D eigenvalue weighted by Gasteiger charge is -2.18. The lowest BCUT2D eigenvalue weighted by Crippen LogP contribution is -2.22. The molecule has 0 spiro atoms. The average Bonchev–Trinajstić information content (AvgIpc) is 2.74. The third-order valence-electron chi connectivity index (χ3n) is 4.25. The fourth-order valence-electron chi connectivity index (χ4n) is 2.72. The standard InChI is InChI=1S/C20H25N7O/c1-21-8-3-11-27(2)19-5-4-15(13-24-19)18-7-10-23-20(26-18)25-16-6-9-22-17(12-16)14-28/h4-7,9-10,12-13,21,28H,3,8,11,14H2,1-2H3,(H,22,23,25,26). The van der Waals surface area contributed by atoms with Crippen LogP contribution in [0.2, 0.25) is 0 Å². The molecule has 8 heteroatoms. The van der Waals surface area contributed by atoms with E-state index in [9.17, 15) is 5.11 Å². The van der Waals surface area contributed by atoms with Gasteiger partial charge in [0.25, 0.3) is 0 Å². The van der Waals surface area contributed by atoms with Gasteiger partial charge in [0.15, 0.2) is 0 Å². The Kier molecular flexibility index (Phi) is 6.83. The normalized spacial score (nSPS) is 10.7. The van der Waals surface area contributed by atoms with Crippen LogP contribution < -0.4 is 15.5 Å². The smallest absolute Gasteiger partial charge is 0.227 e. The van der Waals surface area contributed by atoms with Crippen molar-refractivity contribution in [2.24, 2.45) is 0 Å². The van der Waals surface area contributed by atoms with E-state index in [4.69, 9.17) is 0 Å². The maximum atomic E-state index is 9.21. The van der Waals surface area contributed by atoms with Gasteiger partial charge in [-0.05, 0) is 50.3 Å². The molecule has 0 fully saturated rings. The number of anilines is 3. The molecule has 3 rings (SSSR count). The summed E-state index contributed by atoms with van der Waals surface area (Å²) in [6.07, 6.45) is 6.22. The van der Waals surface area contributed by atoms with Crippen LogP contribution in [0.5, 0.6) is 0 Å². The van der Waals surface area contributed by atoms with E-state index in [2.05, 4.69) is 35.5 Å². The molecule has 0 aliphatic carbocycles. The maximum absolute atomic E-state index is 9.21. The predicted molar refractivity (Wildman–Crippen MR) is 111 cm³/mol. The Balaban J connectivity index is 1.71. The second-order valence-electron chi connectivity index (χ2n) is 6.37. The van der Waals surface area contributed by atoms with E-state index < -0.39 is 0 Å². The van der Waals surface area contributed by atoms with E-state index in [0.717, 1.165) is 42.3 Å². The molecule has 0 unspecified atom stereocenters. The number of pyridine rings is 2. The zero-order chi connectivity index (χ0) is 19.8. The van der Waals surface area contributed by atoms with Gasteiger partial charge < -0.3 is 20.6 Å². The largest absolute Gasteiger partial charge is 0.390 e. The number of hydrogen-bond donors (Lipinski definition) is 3. The number of aliphatic hydroxyl groups excluding tert-OH is 1. The van der Waals surface area contributed by atoms with E-state index >= 15 is 0 Å². The summed E-state index contributed by atoms with van der Waals surface area (Å²) in [7, 11) is 4.00. The third-order valence-corrected chi connectivity index (χ3v) is 4.25. The van der Waals surface area contributed by atoms with Crippen LogP contribution in [0.4, 0.5) is 17.5 Å². The molecule has 0 aromatic carbocycles. The van der Waals surface area contributed by atoms with Crippen molar-refractivity contribution in [3.8, 4) is 11.3 Å². The van der Waals surface area contributed by atoms with Gasteiger partial charge >= 0.3 is 0 Å².